The highest BCUT2D eigenvalue weighted by molar-refractivity contribution is 5.42. The summed E-state index contributed by atoms with van der Waals surface area (Å²) in [5, 5.41) is 8.45. The van der Waals surface area contributed by atoms with E-state index in [0.717, 1.165) is 11.4 Å². The van der Waals surface area contributed by atoms with Crippen molar-refractivity contribution in [2.24, 2.45) is 0 Å². The monoisotopic (exact) mass is 150 g/mol. The van der Waals surface area contributed by atoms with Gasteiger partial charge in [0.2, 0.25) is 0 Å². The van der Waals surface area contributed by atoms with E-state index in [1.165, 1.54) is 0 Å². The van der Waals surface area contributed by atoms with Crippen LogP contribution in [0.5, 0.6) is 0 Å². The lowest BCUT2D eigenvalue weighted by molar-refractivity contribution is 0.343. The van der Waals surface area contributed by atoms with Gasteiger partial charge in [-0.1, -0.05) is 6.08 Å². The van der Waals surface area contributed by atoms with E-state index in [1.807, 2.05) is 6.92 Å². The fourth-order valence-electron chi connectivity index (χ4n) is 0.662. The maximum Gasteiger partial charge on any atom is 0.0810 e. The maximum atomic E-state index is 8.45. The Hall–Kier alpha value is -1.22. The zero-order chi connectivity index (χ0) is 8.10. The Kier molecular flexibility index (Phi) is 2.74. The molecule has 0 fully saturated rings. The minimum atomic E-state index is 0.0373. The first-order chi connectivity index (χ1) is 5.33. The Balaban J connectivity index is 2.73. The van der Waals surface area contributed by atoms with Crippen molar-refractivity contribution < 1.29 is 5.11 Å². The molecule has 0 aliphatic heterocycles. The molecule has 0 atom stereocenters. The first kappa shape index (κ1) is 7.88. The summed E-state index contributed by atoms with van der Waals surface area (Å²) in [5.74, 6) is 0. The standard InChI is InChI=1S/C8H10N2O/c1-7-5-10-8(6-9-7)3-2-4-11/h2-3,5-6,11H,4H2,1H3/b3-2+. The number of aromatic nitrogens is 2. The summed E-state index contributed by atoms with van der Waals surface area (Å²) in [6, 6.07) is 0. The summed E-state index contributed by atoms with van der Waals surface area (Å²) in [7, 11) is 0. The Morgan fingerprint density at radius 2 is 2.27 bits per heavy atom. The lowest BCUT2D eigenvalue weighted by Crippen LogP contribution is -1.86. The fourth-order valence-corrected chi connectivity index (χ4v) is 0.662. The molecule has 0 aliphatic carbocycles. The van der Waals surface area contributed by atoms with Gasteiger partial charge >= 0.3 is 0 Å². The van der Waals surface area contributed by atoms with Crippen LogP contribution in [0, 0.1) is 6.92 Å². The van der Waals surface area contributed by atoms with Crippen LogP contribution >= 0.6 is 0 Å². The zero-order valence-electron chi connectivity index (χ0n) is 6.36. The van der Waals surface area contributed by atoms with Crippen LogP contribution in [0.1, 0.15) is 11.4 Å². The minimum Gasteiger partial charge on any atom is -0.392 e. The molecule has 0 amide bonds. The average molecular weight is 150 g/mol. The van der Waals surface area contributed by atoms with Crippen molar-refractivity contribution in [2.75, 3.05) is 6.61 Å². The number of nitrogens with zero attached hydrogens (tertiary/aromatic N) is 2. The predicted molar refractivity (Wildman–Crippen MR) is 42.9 cm³/mol. The molecule has 11 heavy (non-hydrogen) atoms. The van der Waals surface area contributed by atoms with E-state index in [9.17, 15) is 0 Å². The van der Waals surface area contributed by atoms with Gasteiger partial charge in [-0.15, -0.1) is 0 Å². The van der Waals surface area contributed by atoms with Gasteiger partial charge < -0.3 is 5.11 Å². The molecule has 3 heteroatoms. The Labute approximate surface area is 65.4 Å². The van der Waals surface area contributed by atoms with Crippen molar-refractivity contribution in [1.82, 2.24) is 9.97 Å². The van der Waals surface area contributed by atoms with Crippen molar-refractivity contribution in [3.05, 3.63) is 29.9 Å². The van der Waals surface area contributed by atoms with E-state index in [-0.39, 0.29) is 6.61 Å². The Morgan fingerprint density at radius 1 is 1.45 bits per heavy atom. The van der Waals surface area contributed by atoms with E-state index < -0.39 is 0 Å². The third-order valence-corrected chi connectivity index (χ3v) is 1.19. The van der Waals surface area contributed by atoms with Crippen LogP contribution in [0.3, 0.4) is 0 Å². The molecule has 1 aromatic rings. The van der Waals surface area contributed by atoms with Crippen LogP contribution in [-0.2, 0) is 0 Å². The molecule has 3 nitrogen and oxygen atoms in total. The van der Waals surface area contributed by atoms with Gasteiger partial charge in [0.1, 0.15) is 0 Å². The topological polar surface area (TPSA) is 46.0 Å². The number of rotatable bonds is 2. The fraction of sp³-hybridized carbons (Fsp3) is 0.250. The van der Waals surface area contributed by atoms with E-state index in [2.05, 4.69) is 9.97 Å². The average Bonchev–Trinajstić information content (AvgIpc) is 2.04. The molecule has 1 aromatic heterocycles. The quantitative estimate of drug-likeness (QED) is 0.678. The Morgan fingerprint density at radius 3 is 2.82 bits per heavy atom. The molecule has 0 saturated carbocycles. The molecule has 1 rings (SSSR count). The molecule has 0 spiro atoms. The van der Waals surface area contributed by atoms with Crippen molar-refractivity contribution in [2.45, 2.75) is 6.92 Å². The number of hydrogen-bond acceptors (Lipinski definition) is 3. The highest BCUT2D eigenvalue weighted by atomic mass is 16.2. The summed E-state index contributed by atoms with van der Waals surface area (Å²) in [5.41, 5.74) is 1.66. The second-order valence-electron chi connectivity index (χ2n) is 2.17. The summed E-state index contributed by atoms with van der Waals surface area (Å²) >= 11 is 0. The van der Waals surface area contributed by atoms with Crippen molar-refractivity contribution in [1.29, 1.82) is 0 Å². The first-order valence-electron chi connectivity index (χ1n) is 3.39. The maximum absolute atomic E-state index is 8.45. The van der Waals surface area contributed by atoms with Gasteiger partial charge in [0.05, 0.1) is 24.2 Å². The van der Waals surface area contributed by atoms with Crippen LogP contribution in [0.15, 0.2) is 18.5 Å². The molecule has 58 valence electrons. The van der Waals surface area contributed by atoms with E-state index in [1.54, 1.807) is 24.5 Å². The van der Waals surface area contributed by atoms with Gasteiger partial charge in [-0.2, -0.15) is 0 Å². The van der Waals surface area contributed by atoms with E-state index >= 15 is 0 Å². The van der Waals surface area contributed by atoms with E-state index in [4.69, 9.17) is 5.11 Å². The number of aliphatic hydroxyl groups excluding tert-OH is 1. The van der Waals surface area contributed by atoms with Crippen molar-refractivity contribution >= 4 is 6.08 Å². The van der Waals surface area contributed by atoms with Crippen LogP contribution in [0.4, 0.5) is 0 Å². The highest BCUT2D eigenvalue weighted by Crippen LogP contribution is 1.95. The normalized spacial score (nSPS) is 10.7. The van der Waals surface area contributed by atoms with Gasteiger partial charge in [0.25, 0.3) is 0 Å². The molecule has 0 bridgehead atoms. The molecule has 0 unspecified atom stereocenters. The summed E-state index contributed by atoms with van der Waals surface area (Å²) in [6.45, 7) is 1.92. The first-order valence-corrected chi connectivity index (χ1v) is 3.39. The lowest BCUT2D eigenvalue weighted by Gasteiger charge is -1.91. The number of aryl methyl sites for hydroxylation is 1. The molecule has 1 heterocycles. The highest BCUT2D eigenvalue weighted by Gasteiger charge is 1.87. The van der Waals surface area contributed by atoms with Crippen LogP contribution in [0.25, 0.3) is 6.08 Å². The molecular weight excluding hydrogens is 140 g/mol. The molecule has 0 radical (unpaired) electrons. The molecule has 1 N–H and O–H groups in total. The molecule has 0 aromatic carbocycles. The van der Waals surface area contributed by atoms with Gasteiger partial charge in [-0.05, 0) is 13.0 Å². The smallest absolute Gasteiger partial charge is 0.0810 e. The van der Waals surface area contributed by atoms with Crippen LogP contribution < -0.4 is 0 Å². The molecule has 0 aliphatic rings. The predicted octanol–water partition coefficient (Wildman–Crippen LogP) is 0.791. The summed E-state index contributed by atoms with van der Waals surface area (Å²) in [4.78, 5) is 8.09. The number of aliphatic hydroxyl groups is 1. The zero-order valence-corrected chi connectivity index (χ0v) is 6.36. The summed E-state index contributed by atoms with van der Waals surface area (Å²) < 4.78 is 0. The van der Waals surface area contributed by atoms with Crippen LogP contribution in [0.2, 0.25) is 0 Å². The van der Waals surface area contributed by atoms with Crippen LogP contribution in [-0.4, -0.2) is 21.7 Å². The van der Waals surface area contributed by atoms with Gasteiger partial charge in [-0.3, -0.25) is 9.97 Å². The third-order valence-electron chi connectivity index (χ3n) is 1.19. The second-order valence-corrected chi connectivity index (χ2v) is 2.17. The van der Waals surface area contributed by atoms with Gasteiger partial charge in [0.15, 0.2) is 0 Å². The van der Waals surface area contributed by atoms with Gasteiger partial charge in [-0.25, -0.2) is 0 Å². The second kappa shape index (κ2) is 3.83. The Bertz CT molecular complexity index is 241. The number of hydrogen-bond donors (Lipinski definition) is 1. The third kappa shape index (κ3) is 2.47. The molecule has 0 saturated heterocycles. The lowest BCUT2D eigenvalue weighted by atomic mass is 10.4. The van der Waals surface area contributed by atoms with E-state index in [0.29, 0.717) is 0 Å². The SMILES string of the molecule is Cc1cnc(/C=C/CO)cn1. The van der Waals surface area contributed by atoms with Crippen molar-refractivity contribution in [3.63, 3.8) is 0 Å². The largest absolute Gasteiger partial charge is 0.392 e. The van der Waals surface area contributed by atoms with Gasteiger partial charge in [0, 0.05) is 6.20 Å². The summed E-state index contributed by atoms with van der Waals surface area (Å²) in [6.07, 6.45) is 6.71. The van der Waals surface area contributed by atoms with Crippen molar-refractivity contribution in [3.8, 4) is 0 Å². The molecular formula is C8H10N2O. The minimum absolute atomic E-state index is 0.0373.